The predicted molar refractivity (Wildman–Crippen MR) is 71.0 cm³/mol. The van der Waals surface area contributed by atoms with Gasteiger partial charge in [0, 0.05) is 0 Å². The van der Waals surface area contributed by atoms with E-state index in [1.807, 2.05) is 31.2 Å². The second-order valence-corrected chi connectivity index (χ2v) is 4.65. The molecule has 0 aliphatic carbocycles. The number of carbonyl (C=O) groups is 1. The Hall–Kier alpha value is -1.55. The standard InChI is InChI=1S/C14H21NO3/c1-11-5-7-12(8-6-11)18-10-4-9-14(2,15-3)13(16)17/h5-8,15H,4,9-10H2,1-3H3,(H,16,17). The molecule has 18 heavy (non-hydrogen) atoms. The Morgan fingerprint density at radius 3 is 2.50 bits per heavy atom. The number of ether oxygens (including phenoxy) is 1. The van der Waals surface area contributed by atoms with Crippen molar-refractivity contribution in [3.05, 3.63) is 29.8 Å². The zero-order chi connectivity index (χ0) is 13.6. The molecule has 0 bridgehead atoms. The molecule has 0 aliphatic rings. The lowest BCUT2D eigenvalue weighted by molar-refractivity contribution is -0.144. The summed E-state index contributed by atoms with van der Waals surface area (Å²) >= 11 is 0. The van der Waals surface area contributed by atoms with Crippen molar-refractivity contribution in [2.24, 2.45) is 0 Å². The van der Waals surface area contributed by atoms with Gasteiger partial charge in [0.1, 0.15) is 11.3 Å². The molecular weight excluding hydrogens is 230 g/mol. The fraction of sp³-hybridized carbons (Fsp3) is 0.500. The van der Waals surface area contributed by atoms with Crippen molar-refractivity contribution in [3.63, 3.8) is 0 Å². The van der Waals surface area contributed by atoms with Crippen LogP contribution in [-0.2, 0) is 4.79 Å². The molecule has 2 N–H and O–H groups in total. The van der Waals surface area contributed by atoms with E-state index in [2.05, 4.69) is 5.32 Å². The molecule has 0 aliphatic heterocycles. The van der Waals surface area contributed by atoms with Gasteiger partial charge in [-0.3, -0.25) is 4.79 Å². The van der Waals surface area contributed by atoms with Crippen LogP contribution in [0.4, 0.5) is 0 Å². The first-order chi connectivity index (χ1) is 8.48. The molecule has 0 fully saturated rings. The molecular formula is C14H21NO3. The SMILES string of the molecule is CNC(C)(CCCOc1ccc(C)cc1)C(=O)O. The molecule has 0 amide bonds. The van der Waals surface area contributed by atoms with Crippen LogP contribution >= 0.6 is 0 Å². The van der Waals surface area contributed by atoms with Crippen molar-refractivity contribution in [2.75, 3.05) is 13.7 Å². The Morgan fingerprint density at radius 2 is 2.00 bits per heavy atom. The number of carboxylic acids is 1. The lowest BCUT2D eigenvalue weighted by Gasteiger charge is -2.23. The molecule has 1 aromatic carbocycles. The minimum Gasteiger partial charge on any atom is -0.494 e. The van der Waals surface area contributed by atoms with Crippen LogP contribution in [0, 0.1) is 6.92 Å². The van der Waals surface area contributed by atoms with Gasteiger partial charge < -0.3 is 15.2 Å². The van der Waals surface area contributed by atoms with Crippen molar-refractivity contribution in [3.8, 4) is 5.75 Å². The molecule has 1 atom stereocenters. The molecule has 1 rings (SSSR count). The first kappa shape index (κ1) is 14.5. The average Bonchev–Trinajstić information content (AvgIpc) is 2.36. The molecule has 4 heteroatoms. The summed E-state index contributed by atoms with van der Waals surface area (Å²) in [6.07, 6.45) is 1.22. The Balaban J connectivity index is 2.34. The number of aryl methyl sites for hydroxylation is 1. The predicted octanol–water partition coefficient (Wildman–Crippen LogP) is 2.22. The maximum absolute atomic E-state index is 11.1. The number of carboxylic acid groups (broad SMARTS) is 1. The number of benzene rings is 1. The highest BCUT2D eigenvalue weighted by Crippen LogP contribution is 2.15. The number of nitrogens with one attached hydrogen (secondary N) is 1. The van der Waals surface area contributed by atoms with E-state index in [4.69, 9.17) is 9.84 Å². The highest BCUT2D eigenvalue weighted by Gasteiger charge is 2.30. The Morgan fingerprint density at radius 1 is 1.39 bits per heavy atom. The summed E-state index contributed by atoms with van der Waals surface area (Å²) in [4.78, 5) is 11.1. The van der Waals surface area contributed by atoms with E-state index in [-0.39, 0.29) is 0 Å². The van der Waals surface area contributed by atoms with Crippen LogP contribution in [0.5, 0.6) is 5.75 Å². The van der Waals surface area contributed by atoms with Crippen molar-refractivity contribution in [1.29, 1.82) is 0 Å². The lowest BCUT2D eigenvalue weighted by Crippen LogP contribution is -2.47. The highest BCUT2D eigenvalue weighted by molar-refractivity contribution is 5.78. The van der Waals surface area contributed by atoms with Crippen molar-refractivity contribution in [1.82, 2.24) is 5.32 Å². The van der Waals surface area contributed by atoms with Crippen LogP contribution in [0.2, 0.25) is 0 Å². The van der Waals surface area contributed by atoms with Crippen LogP contribution in [-0.4, -0.2) is 30.3 Å². The van der Waals surface area contributed by atoms with Gasteiger partial charge in [0.2, 0.25) is 0 Å². The van der Waals surface area contributed by atoms with E-state index < -0.39 is 11.5 Å². The Labute approximate surface area is 108 Å². The van der Waals surface area contributed by atoms with Gasteiger partial charge in [0.25, 0.3) is 0 Å². The Kier molecular flexibility index (Phi) is 5.16. The second kappa shape index (κ2) is 6.40. The van der Waals surface area contributed by atoms with Gasteiger partial charge in [0.15, 0.2) is 0 Å². The summed E-state index contributed by atoms with van der Waals surface area (Å²) in [6, 6.07) is 7.82. The van der Waals surface area contributed by atoms with E-state index in [0.29, 0.717) is 19.4 Å². The van der Waals surface area contributed by atoms with Crippen LogP contribution in [0.1, 0.15) is 25.3 Å². The molecule has 4 nitrogen and oxygen atoms in total. The zero-order valence-electron chi connectivity index (χ0n) is 11.2. The normalized spacial score (nSPS) is 13.9. The number of likely N-dealkylation sites (N-methyl/N-ethyl adjacent to an activating group) is 1. The third kappa shape index (κ3) is 4.04. The molecule has 1 aromatic rings. The summed E-state index contributed by atoms with van der Waals surface area (Å²) in [5, 5.41) is 11.9. The largest absolute Gasteiger partial charge is 0.494 e. The average molecular weight is 251 g/mol. The maximum Gasteiger partial charge on any atom is 0.323 e. The molecule has 100 valence electrons. The maximum atomic E-state index is 11.1. The van der Waals surface area contributed by atoms with E-state index in [0.717, 1.165) is 5.75 Å². The quantitative estimate of drug-likeness (QED) is 0.729. The topological polar surface area (TPSA) is 58.6 Å². The number of hydrogen-bond acceptors (Lipinski definition) is 3. The summed E-state index contributed by atoms with van der Waals surface area (Å²) in [5.74, 6) is -0.0116. The molecule has 0 radical (unpaired) electrons. The minimum atomic E-state index is -0.878. The van der Waals surface area contributed by atoms with Crippen molar-refractivity contribution >= 4 is 5.97 Å². The van der Waals surface area contributed by atoms with Crippen molar-refractivity contribution < 1.29 is 14.6 Å². The van der Waals surface area contributed by atoms with Gasteiger partial charge in [-0.05, 0) is 45.9 Å². The summed E-state index contributed by atoms with van der Waals surface area (Å²) in [5.41, 5.74) is 0.312. The third-order valence-electron chi connectivity index (χ3n) is 3.13. The number of hydrogen-bond donors (Lipinski definition) is 2. The molecule has 0 heterocycles. The minimum absolute atomic E-state index is 0.521. The van der Waals surface area contributed by atoms with Crippen molar-refractivity contribution in [2.45, 2.75) is 32.2 Å². The van der Waals surface area contributed by atoms with Crippen LogP contribution in [0.25, 0.3) is 0 Å². The smallest absolute Gasteiger partial charge is 0.323 e. The highest BCUT2D eigenvalue weighted by atomic mass is 16.5. The number of rotatable bonds is 7. The van der Waals surface area contributed by atoms with Crippen LogP contribution in [0.15, 0.2) is 24.3 Å². The van der Waals surface area contributed by atoms with E-state index in [9.17, 15) is 4.79 Å². The molecule has 1 unspecified atom stereocenters. The van der Waals surface area contributed by atoms with Gasteiger partial charge in [-0.2, -0.15) is 0 Å². The zero-order valence-corrected chi connectivity index (χ0v) is 11.2. The molecule has 0 saturated carbocycles. The van der Waals surface area contributed by atoms with Crippen LogP contribution < -0.4 is 10.1 Å². The van der Waals surface area contributed by atoms with Gasteiger partial charge in [-0.25, -0.2) is 0 Å². The van der Waals surface area contributed by atoms with Crippen LogP contribution in [0.3, 0.4) is 0 Å². The lowest BCUT2D eigenvalue weighted by atomic mass is 9.96. The van der Waals surface area contributed by atoms with E-state index in [1.54, 1.807) is 14.0 Å². The Bertz CT molecular complexity index is 389. The van der Waals surface area contributed by atoms with Gasteiger partial charge in [0.05, 0.1) is 6.61 Å². The number of aliphatic carboxylic acids is 1. The summed E-state index contributed by atoms with van der Waals surface area (Å²) in [6.45, 7) is 4.23. The van der Waals surface area contributed by atoms with E-state index >= 15 is 0 Å². The van der Waals surface area contributed by atoms with Gasteiger partial charge in [-0.1, -0.05) is 17.7 Å². The molecule has 0 aromatic heterocycles. The fourth-order valence-corrected chi connectivity index (χ4v) is 1.59. The van der Waals surface area contributed by atoms with Gasteiger partial charge >= 0.3 is 5.97 Å². The summed E-state index contributed by atoms with van der Waals surface area (Å²) in [7, 11) is 1.66. The van der Waals surface area contributed by atoms with E-state index in [1.165, 1.54) is 5.56 Å². The third-order valence-corrected chi connectivity index (χ3v) is 3.13. The summed E-state index contributed by atoms with van der Waals surface area (Å²) < 4.78 is 5.56. The first-order valence-electron chi connectivity index (χ1n) is 6.10. The fourth-order valence-electron chi connectivity index (χ4n) is 1.59. The molecule has 0 saturated heterocycles. The molecule has 0 spiro atoms. The first-order valence-corrected chi connectivity index (χ1v) is 6.10. The second-order valence-electron chi connectivity index (χ2n) is 4.65. The van der Waals surface area contributed by atoms with Gasteiger partial charge in [-0.15, -0.1) is 0 Å². The monoisotopic (exact) mass is 251 g/mol.